The molecule has 1 aromatic carbocycles. The molecule has 1 amide bonds. The summed E-state index contributed by atoms with van der Waals surface area (Å²) >= 11 is 6.33. The van der Waals surface area contributed by atoms with Gasteiger partial charge in [-0.2, -0.15) is 0 Å². The van der Waals surface area contributed by atoms with Crippen LogP contribution in [0.4, 0.5) is 4.79 Å². The number of benzene rings is 1. The average molecular weight is 626 g/mol. The Morgan fingerprint density at radius 1 is 1.35 bits per heavy atom. The molecule has 1 saturated heterocycles. The zero-order chi connectivity index (χ0) is 22.4. The lowest BCUT2D eigenvalue weighted by atomic mass is 9.99. The van der Waals surface area contributed by atoms with Crippen molar-refractivity contribution >= 4 is 68.4 Å². The lowest BCUT2D eigenvalue weighted by Gasteiger charge is -2.36. The van der Waals surface area contributed by atoms with Crippen LogP contribution in [0.15, 0.2) is 22.7 Å². The van der Waals surface area contributed by atoms with E-state index < -0.39 is 5.60 Å². The van der Waals surface area contributed by atoms with Crippen molar-refractivity contribution in [2.45, 2.75) is 71.1 Å². The Balaban J connectivity index is 1.80. The van der Waals surface area contributed by atoms with Gasteiger partial charge in [0.1, 0.15) is 34.4 Å². The Labute approximate surface area is 210 Å². The second kappa shape index (κ2) is 11.5. The van der Waals surface area contributed by atoms with Gasteiger partial charge >= 0.3 is 6.09 Å². The highest BCUT2D eigenvalue weighted by atomic mass is 127. The van der Waals surface area contributed by atoms with Gasteiger partial charge in [-0.1, -0.05) is 15.9 Å². The van der Waals surface area contributed by atoms with E-state index in [0.717, 1.165) is 72.4 Å². The molecule has 2 heterocycles. The first kappa shape index (κ1) is 25.1. The number of hydrogen-bond donors (Lipinski definition) is 0. The van der Waals surface area contributed by atoms with Crippen molar-refractivity contribution in [2.24, 2.45) is 0 Å². The van der Waals surface area contributed by atoms with Crippen molar-refractivity contribution in [3.05, 3.63) is 28.5 Å². The van der Waals surface area contributed by atoms with Crippen LogP contribution in [0.2, 0.25) is 0 Å². The molecule has 1 aromatic heterocycles. The lowest BCUT2D eigenvalue weighted by molar-refractivity contribution is 0.00966. The molecule has 31 heavy (non-hydrogen) atoms. The minimum absolute atomic E-state index is 0.0850. The number of aryl methyl sites for hydroxylation is 1. The van der Waals surface area contributed by atoms with Gasteiger partial charge in [-0.15, -0.1) is 0 Å². The average Bonchev–Trinajstić information content (AvgIpc) is 3.03. The number of likely N-dealkylation sites (tertiary alicyclic amines) is 1. The molecule has 0 aliphatic carbocycles. The number of ether oxygens (including phenoxy) is 1. The monoisotopic (exact) mass is 625 g/mol. The molecule has 3 rings (SSSR count). The molecule has 0 N–H and O–H groups in total. The number of nitrogens with zero attached hydrogens (tertiary/aromatic N) is 3. The van der Waals surface area contributed by atoms with E-state index in [2.05, 4.69) is 26.6 Å². The maximum Gasteiger partial charge on any atom is 0.410 e. The van der Waals surface area contributed by atoms with Crippen LogP contribution in [0, 0.1) is 0 Å². The second-order valence-corrected chi connectivity index (χ2v) is 11.1. The Morgan fingerprint density at radius 3 is 2.90 bits per heavy atom. The van der Waals surface area contributed by atoms with Gasteiger partial charge in [-0.25, -0.2) is 12.3 Å². The van der Waals surface area contributed by atoms with Crippen molar-refractivity contribution in [3.8, 4) is 0 Å². The number of halogens is 2. The molecule has 1 fully saturated rings. The lowest BCUT2D eigenvalue weighted by Crippen LogP contribution is -2.47. The van der Waals surface area contributed by atoms with E-state index in [-0.39, 0.29) is 12.1 Å². The summed E-state index contributed by atoms with van der Waals surface area (Å²) in [5.74, 6) is 0.992. The number of aromatic nitrogens is 2. The smallest absolute Gasteiger partial charge is 0.410 e. The van der Waals surface area contributed by atoms with Crippen molar-refractivity contribution in [1.82, 2.24) is 14.5 Å². The first-order chi connectivity index (χ1) is 14.8. The number of imidazole rings is 1. The number of fused-ring (bicyclic) bond motifs is 1. The van der Waals surface area contributed by atoms with E-state index in [1.54, 1.807) is 23.0 Å². The predicted octanol–water partition coefficient (Wildman–Crippen LogP) is 6.47. The highest BCUT2D eigenvalue weighted by Gasteiger charge is 2.31. The van der Waals surface area contributed by atoms with Crippen LogP contribution in [0.3, 0.4) is 0 Å². The fourth-order valence-corrected chi connectivity index (χ4v) is 4.76. The zero-order valence-corrected chi connectivity index (χ0v) is 22.7. The van der Waals surface area contributed by atoms with E-state index in [1.165, 1.54) is 0 Å². The topological polar surface area (TPSA) is 65.8 Å². The molecule has 1 atom stereocenters. The maximum atomic E-state index is 12.8. The van der Waals surface area contributed by atoms with E-state index >= 15 is 0 Å². The molecule has 172 valence electrons. The SMILES string of the molecule is CC(C)(C)OC(=O)N1CCCCC1Cc1nc2cc(Br)ccc2n1CCCOSOI. The van der Waals surface area contributed by atoms with Gasteiger partial charge in [0.25, 0.3) is 0 Å². The van der Waals surface area contributed by atoms with E-state index in [0.29, 0.717) is 13.0 Å². The molecule has 1 aliphatic rings. The van der Waals surface area contributed by atoms with Gasteiger partial charge in [-0.3, -0.25) is 4.18 Å². The number of carbonyl (C=O) groups is 1. The molecule has 0 bridgehead atoms. The Morgan fingerprint density at radius 2 is 2.16 bits per heavy atom. The van der Waals surface area contributed by atoms with Gasteiger partial charge < -0.3 is 14.2 Å². The van der Waals surface area contributed by atoms with Crippen LogP contribution in [0.1, 0.15) is 52.3 Å². The van der Waals surface area contributed by atoms with Crippen LogP contribution >= 0.6 is 51.3 Å². The normalized spacial score (nSPS) is 17.3. The molecule has 2 aromatic rings. The summed E-state index contributed by atoms with van der Waals surface area (Å²) in [5.41, 5.74) is 1.54. The number of amides is 1. The molecule has 10 heteroatoms. The summed E-state index contributed by atoms with van der Waals surface area (Å²) in [4.78, 5) is 19.7. The van der Waals surface area contributed by atoms with Crippen molar-refractivity contribution in [1.29, 1.82) is 0 Å². The molecule has 0 spiro atoms. The molecule has 0 saturated carbocycles. The fourth-order valence-electron chi connectivity index (χ4n) is 3.88. The van der Waals surface area contributed by atoms with Crippen LogP contribution in [-0.4, -0.2) is 45.3 Å². The Bertz CT molecular complexity index is 889. The van der Waals surface area contributed by atoms with Crippen LogP contribution in [0.25, 0.3) is 11.0 Å². The van der Waals surface area contributed by atoms with Crippen LogP contribution < -0.4 is 0 Å². The molecule has 0 radical (unpaired) electrons. The zero-order valence-electron chi connectivity index (χ0n) is 18.1. The van der Waals surface area contributed by atoms with Gasteiger partial charge in [0.15, 0.2) is 12.3 Å². The summed E-state index contributed by atoms with van der Waals surface area (Å²) in [6, 6.07) is 6.25. The number of hydrogen-bond acceptors (Lipinski definition) is 6. The summed E-state index contributed by atoms with van der Waals surface area (Å²) in [7, 11) is 0. The summed E-state index contributed by atoms with van der Waals surface area (Å²) in [6.45, 7) is 7.82. The Kier molecular flexibility index (Phi) is 9.33. The summed E-state index contributed by atoms with van der Waals surface area (Å²) in [5, 5.41) is 0. The number of piperidine rings is 1. The fraction of sp³-hybridized carbons (Fsp3) is 0.619. The highest BCUT2D eigenvalue weighted by molar-refractivity contribution is 14.1. The number of carbonyl (C=O) groups excluding carboxylic acids is 1. The molecule has 7 nitrogen and oxygen atoms in total. The van der Waals surface area contributed by atoms with E-state index in [4.69, 9.17) is 16.4 Å². The van der Waals surface area contributed by atoms with Gasteiger partial charge in [0, 0.05) is 30.0 Å². The van der Waals surface area contributed by atoms with Crippen molar-refractivity contribution in [2.75, 3.05) is 13.2 Å². The van der Waals surface area contributed by atoms with Crippen LogP contribution in [0.5, 0.6) is 0 Å². The molecule has 1 aliphatic heterocycles. The third-order valence-corrected chi connectivity index (χ3v) is 6.39. The quantitative estimate of drug-likeness (QED) is 0.190. The second-order valence-electron chi connectivity index (χ2n) is 8.65. The van der Waals surface area contributed by atoms with E-state index in [1.807, 2.05) is 37.8 Å². The molecule has 1 unspecified atom stereocenters. The van der Waals surface area contributed by atoms with Crippen LogP contribution in [-0.2, 0) is 24.4 Å². The largest absolute Gasteiger partial charge is 0.444 e. The Hall–Kier alpha value is -0.560. The summed E-state index contributed by atoms with van der Waals surface area (Å²) in [6.07, 6.45) is 4.38. The van der Waals surface area contributed by atoms with Gasteiger partial charge in [-0.05, 0) is 64.7 Å². The predicted molar refractivity (Wildman–Crippen MR) is 135 cm³/mol. The van der Waals surface area contributed by atoms with Gasteiger partial charge in [0.05, 0.1) is 17.6 Å². The number of rotatable bonds is 8. The first-order valence-electron chi connectivity index (χ1n) is 10.5. The molecular formula is C21H29BrIN3O4S. The van der Waals surface area contributed by atoms with E-state index in [9.17, 15) is 4.79 Å². The maximum absolute atomic E-state index is 12.8. The third kappa shape index (κ3) is 7.21. The summed E-state index contributed by atoms with van der Waals surface area (Å²) < 4.78 is 19.1. The standard InChI is InChI=1S/C21H29BrIN3O4S/c1-21(2,3)29-20(27)25-10-5-4-7-16(25)14-19-24-17-13-15(22)8-9-18(17)26(19)11-6-12-28-31-30-23/h8-9,13,16H,4-7,10-12,14H2,1-3H3. The third-order valence-electron chi connectivity index (χ3n) is 5.15. The highest BCUT2D eigenvalue weighted by Crippen LogP contribution is 2.27. The van der Waals surface area contributed by atoms with Crippen molar-refractivity contribution < 1.29 is 16.2 Å². The minimum atomic E-state index is -0.502. The molecular weight excluding hydrogens is 597 g/mol. The minimum Gasteiger partial charge on any atom is -0.444 e. The first-order valence-corrected chi connectivity index (χ1v) is 12.8. The van der Waals surface area contributed by atoms with Gasteiger partial charge in [0.2, 0.25) is 0 Å². The van der Waals surface area contributed by atoms with Crippen molar-refractivity contribution in [3.63, 3.8) is 0 Å².